The number of nitrogens with one attached hydrogen (secondary N) is 2. The highest BCUT2D eigenvalue weighted by molar-refractivity contribution is 7.99. The molecule has 1 aliphatic rings. The van der Waals surface area contributed by atoms with Crippen LogP contribution in [0.5, 0.6) is 0 Å². The molecule has 2 N–H and O–H groups in total. The first kappa shape index (κ1) is 11.8. The van der Waals surface area contributed by atoms with Crippen LogP contribution in [0.4, 0.5) is 0 Å². The normalized spacial score (nSPS) is 19.2. The van der Waals surface area contributed by atoms with Gasteiger partial charge in [-0.15, -0.1) is 0 Å². The van der Waals surface area contributed by atoms with E-state index in [1.54, 1.807) is 0 Å². The Kier molecular flexibility index (Phi) is 3.67. The molecule has 94 valence electrons. The van der Waals surface area contributed by atoms with Gasteiger partial charge in [-0.3, -0.25) is 5.10 Å². The van der Waals surface area contributed by atoms with Crippen molar-refractivity contribution in [3.8, 4) is 11.3 Å². The molecule has 0 bridgehead atoms. The third-order valence-electron chi connectivity index (χ3n) is 3.29. The van der Waals surface area contributed by atoms with Crippen LogP contribution in [0.15, 0.2) is 36.5 Å². The molecule has 3 rings (SSSR count). The summed E-state index contributed by atoms with van der Waals surface area (Å²) in [5, 5.41) is 10.9. The quantitative estimate of drug-likeness (QED) is 0.887. The second kappa shape index (κ2) is 5.59. The smallest absolute Gasteiger partial charge is 0.0695 e. The molecular weight excluding hydrogens is 242 g/mol. The monoisotopic (exact) mass is 259 g/mol. The molecule has 1 atom stereocenters. The molecule has 1 aromatic carbocycles. The second-order valence-corrected chi connectivity index (χ2v) is 5.73. The van der Waals surface area contributed by atoms with Crippen LogP contribution in [-0.4, -0.2) is 27.7 Å². The van der Waals surface area contributed by atoms with Gasteiger partial charge in [0.2, 0.25) is 0 Å². The molecular formula is C14H17N3S. The molecule has 2 aromatic rings. The first-order valence-corrected chi connectivity index (χ1v) is 7.48. The minimum Gasteiger partial charge on any atom is -0.309 e. The van der Waals surface area contributed by atoms with Gasteiger partial charge in [-0.05, 0) is 17.7 Å². The fourth-order valence-electron chi connectivity index (χ4n) is 2.25. The zero-order valence-electron chi connectivity index (χ0n) is 10.2. The number of H-pyrrole nitrogens is 1. The topological polar surface area (TPSA) is 40.7 Å². The third kappa shape index (κ3) is 2.60. The van der Waals surface area contributed by atoms with Gasteiger partial charge in [0.05, 0.1) is 11.9 Å². The van der Waals surface area contributed by atoms with Gasteiger partial charge < -0.3 is 5.32 Å². The van der Waals surface area contributed by atoms with Crippen molar-refractivity contribution in [2.45, 2.75) is 19.0 Å². The van der Waals surface area contributed by atoms with Crippen LogP contribution >= 0.6 is 11.8 Å². The lowest BCUT2D eigenvalue weighted by atomic mass is 10.1. The number of hydrogen-bond donors (Lipinski definition) is 2. The van der Waals surface area contributed by atoms with E-state index in [1.165, 1.54) is 29.1 Å². The van der Waals surface area contributed by atoms with Gasteiger partial charge in [-0.25, -0.2) is 0 Å². The highest BCUT2D eigenvalue weighted by Crippen LogP contribution is 2.22. The van der Waals surface area contributed by atoms with Gasteiger partial charge in [0.1, 0.15) is 0 Å². The fourth-order valence-corrected chi connectivity index (χ4v) is 3.44. The van der Waals surface area contributed by atoms with E-state index in [2.05, 4.69) is 39.8 Å². The van der Waals surface area contributed by atoms with Crippen molar-refractivity contribution < 1.29 is 0 Å². The Morgan fingerprint density at radius 2 is 2.22 bits per heavy atom. The van der Waals surface area contributed by atoms with Gasteiger partial charge >= 0.3 is 0 Å². The first-order valence-electron chi connectivity index (χ1n) is 6.32. The number of thioether (sulfide) groups is 1. The summed E-state index contributed by atoms with van der Waals surface area (Å²) in [5.41, 5.74) is 3.58. The van der Waals surface area contributed by atoms with Crippen LogP contribution < -0.4 is 5.32 Å². The summed E-state index contributed by atoms with van der Waals surface area (Å²) in [7, 11) is 0. The van der Waals surface area contributed by atoms with Crippen molar-refractivity contribution in [3.63, 3.8) is 0 Å². The molecule has 0 amide bonds. The van der Waals surface area contributed by atoms with Gasteiger partial charge in [-0.1, -0.05) is 30.3 Å². The Bertz CT molecular complexity index is 489. The van der Waals surface area contributed by atoms with Gasteiger partial charge in [0, 0.05) is 23.9 Å². The molecule has 18 heavy (non-hydrogen) atoms. The molecule has 4 heteroatoms. The van der Waals surface area contributed by atoms with Crippen molar-refractivity contribution >= 4 is 11.8 Å². The van der Waals surface area contributed by atoms with Crippen LogP contribution in [-0.2, 0) is 6.54 Å². The Morgan fingerprint density at radius 1 is 1.33 bits per heavy atom. The SMILES string of the molecule is c1ccc(-c2[nH]ncc2CNC2CCSC2)cc1. The molecule has 2 heterocycles. The van der Waals surface area contributed by atoms with Crippen LogP contribution in [0.2, 0.25) is 0 Å². The van der Waals surface area contributed by atoms with E-state index in [-0.39, 0.29) is 0 Å². The maximum absolute atomic E-state index is 4.17. The number of hydrogen-bond acceptors (Lipinski definition) is 3. The van der Waals surface area contributed by atoms with Crippen molar-refractivity contribution in [3.05, 3.63) is 42.1 Å². The molecule has 1 aromatic heterocycles. The van der Waals surface area contributed by atoms with Crippen LogP contribution in [0.25, 0.3) is 11.3 Å². The Hall–Kier alpha value is -1.26. The van der Waals surface area contributed by atoms with Crippen LogP contribution in [0.1, 0.15) is 12.0 Å². The largest absolute Gasteiger partial charge is 0.309 e. The molecule has 1 saturated heterocycles. The molecule has 0 radical (unpaired) electrons. The van der Waals surface area contributed by atoms with Crippen LogP contribution in [0.3, 0.4) is 0 Å². The van der Waals surface area contributed by atoms with Crippen LogP contribution in [0, 0.1) is 0 Å². The predicted molar refractivity (Wildman–Crippen MR) is 76.6 cm³/mol. The molecule has 3 nitrogen and oxygen atoms in total. The summed E-state index contributed by atoms with van der Waals surface area (Å²) in [6.07, 6.45) is 3.21. The lowest BCUT2D eigenvalue weighted by molar-refractivity contribution is 0.558. The molecule has 1 unspecified atom stereocenters. The van der Waals surface area contributed by atoms with Gasteiger partial charge in [0.15, 0.2) is 0 Å². The Labute approximate surface area is 111 Å². The first-order chi connectivity index (χ1) is 8.93. The summed E-state index contributed by atoms with van der Waals surface area (Å²) in [6.45, 7) is 0.895. The number of nitrogens with zero attached hydrogens (tertiary/aromatic N) is 1. The maximum Gasteiger partial charge on any atom is 0.0695 e. The minimum absolute atomic E-state index is 0.661. The Balaban J connectivity index is 1.71. The summed E-state index contributed by atoms with van der Waals surface area (Å²) in [4.78, 5) is 0. The van der Waals surface area contributed by atoms with Gasteiger partial charge in [-0.2, -0.15) is 16.9 Å². The third-order valence-corrected chi connectivity index (χ3v) is 4.45. The lowest BCUT2D eigenvalue weighted by Crippen LogP contribution is -2.27. The van der Waals surface area contributed by atoms with Gasteiger partial charge in [0.25, 0.3) is 0 Å². The molecule has 0 spiro atoms. The van der Waals surface area contributed by atoms with Crippen molar-refractivity contribution in [2.24, 2.45) is 0 Å². The number of benzene rings is 1. The van der Waals surface area contributed by atoms with E-state index < -0.39 is 0 Å². The van der Waals surface area contributed by atoms with Crippen molar-refractivity contribution in [2.75, 3.05) is 11.5 Å². The molecule has 0 aliphatic carbocycles. The summed E-state index contributed by atoms with van der Waals surface area (Å²) in [6, 6.07) is 11.0. The fraction of sp³-hybridized carbons (Fsp3) is 0.357. The van der Waals surface area contributed by atoms with E-state index in [1.807, 2.05) is 24.0 Å². The van der Waals surface area contributed by atoms with Crippen molar-refractivity contribution in [1.82, 2.24) is 15.5 Å². The standard InChI is InChI=1S/C14H17N3S/c1-2-4-11(5-3-1)14-12(9-16-17-14)8-15-13-6-7-18-10-13/h1-5,9,13,15H,6-8,10H2,(H,16,17). The summed E-state index contributed by atoms with van der Waals surface area (Å²) >= 11 is 2.03. The van der Waals surface area contributed by atoms with E-state index >= 15 is 0 Å². The number of aromatic amines is 1. The van der Waals surface area contributed by atoms with E-state index in [0.717, 1.165) is 12.2 Å². The Morgan fingerprint density at radius 3 is 3.00 bits per heavy atom. The highest BCUT2D eigenvalue weighted by atomic mass is 32.2. The number of rotatable bonds is 4. The maximum atomic E-state index is 4.17. The highest BCUT2D eigenvalue weighted by Gasteiger charge is 2.15. The summed E-state index contributed by atoms with van der Waals surface area (Å²) < 4.78 is 0. The van der Waals surface area contributed by atoms with E-state index in [9.17, 15) is 0 Å². The molecule has 1 aliphatic heterocycles. The van der Waals surface area contributed by atoms with E-state index in [4.69, 9.17) is 0 Å². The summed E-state index contributed by atoms with van der Waals surface area (Å²) in [5.74, 6) is 2.52. The van der Waals surface area contributed by atoms with Crippen molar-refractivity contribution in [1.29, 1.82) is 0 Å². The zero-order chi connectivity index (χ0) is 12.2. The zero-order valence-corrected chi connectivity index (χ0v) is 11.0. The number of aromatic nitrogens is 2. The van der Waals surface area contributed by atoms with E-state index in [0.29, 0.717) is 6.04 Å². The average Bonchev–Trinajstić information content (AvgIpc) is 3.09. The predicted octanol–water partition coefficient (Wildman–Crippen LogP) is 2.67. The minimum atomic E-state index is 0.661. The lowest BCUT2D eigenvalue weighted by Gasteiger charge is -2.11. The average molecular weight is 259 g/mol. The molecule has 1 fully saturated rings. The molecule has 0 saturated carbocycles. The second-order valence-electron chi connectivity index (χ2n) is 4.58.